The van der Waals surface area contributed by atoms with E-state index in [4.69, 9.17) is 4.74 Å². The molecular formula is C19H19FN2O5. The molecule has 0 radical (unpaired) electrons. The van der Waals surface area contributed by atoms with Crippen molar-refractivity contribution in [3.05, 3.63) is 30.1 Å². The van der Waals surface area contributed by atoms with Gasteiger partial charge in [0.2, 0.25) is 11.8 Å². The highest BCUT2D eigenvalue weighted by molar-refractivity contribution is 6.07. The molecule has 27 heavy (non-hydrogen) atoms. The second kappa shape index (κ2) is 6.75. The third kappa shape index (κ3) is 3.20. The minimum Gasteiger partial charge on any atom is -0.454 e. The van der Waals surface area contributed by atoms with Crippen molar-refractivity contribution in [1.82, 2.24) is 4.90 Å². The zero-order chi connectivity index (χ0) is 19.1. The van der Waals surface area contributed by atoms with Gasteiger partial charge in [-0.25, -0.2) is 4.39 Å². The molecule has 3 amide bonds. The maximum atomic E-state index is 12.8. The van der Waals surface area contributed by atoms with Gasteiger partial charge in [-0.3, -0.25) is 24.1 Å². The summed E-state index contributed by atoms with van der Waals surface area (Å²) in [6, 6.07) is 5.14. The van der Waals surface area contributed by atoms with Crippen LogP contribution in [0.15, 0.2) is 24.3 Å². The van der Waals surface area contributed by atoms with Gasteiger partial charge in [0.05, 0.1) is 11.8 Å². The summed E-state index contributed by atoms with van der Waals surface area (Å²) >= 11 is 0. The first-order valence-electron chi connectivity index (χ1n) is 9.00. The molecule has 4 atom stereocenters. The van der Waals surface area contributed by atoms with Crippen LogP contribution in [0.2, 0.25) is 0 Å². The van der Waals surface area contributed by atoms with Crippen molar-refractivity contribution in [2.75, 3.05) is 18.5 Å². The number of carbonyl (C=O) groups excluding carboxylic acids is 4. The number of nitrogens with zero attached hydrogens (tertiary/aromatic N) is 1. The van der Waals surface area contributed by atoms with E-state index < -0.39 is 30.8 Å². The third-order valence-corrected chi connectivity index (χ3v) is 5.80. The predicted octanol–water partition coefficient (Wildman–Crippen LogP) is 1.34. The van der Waals surface area contributed by atoms with Crippen LogP contribution in [0.3, 0.4) is 0 Å². The molecule has 3 fully saturated rings. The molecule has 1 aromatic rings. The highest BCUT2D eigenvalue weighted by atomic mass is 19.1. The van der Waals surface area contributed by atoms with E-state index >= 15 is 0 Å². The number of rotatable bonds is 5. The highest BCUT2D eigenvalue weighted by Crippen LogP contribution is 2.56. The van der Waals surface area contributed by atoms with Crippen LogP contribution in [0.5, 0.6) is 0 Å². The van der Waals surface area contributed by atoms with Crippen LogP contribution >= 0.6 is 0 Å². The first kappa shape index (κ1) is 17.6. The van der Waals surface area contributed by atoms with Crippen molar-refractivity contribution in [3.8, 4) is 0 Å². The topological polar surface area (TPSA) is 92.8 Å². The number of halogens is 1. The number of fused-ring (bicyclic) bond motifs is 5. The molecule has 2 bridgehead atoms. The van der Waals surface area contributed by atoms with Crippen LogP contribution in [0.1, 0.15) is 19.3 Å². The molecule has 0 spiro atoms. The molecule has 1 saturated heterocycles. The van der Waals surface area contributed by atoms with Gasteiger partial charge in [0.25, 0.3) is 5.91 Å². The Morgan fingerprint density at radius 3 is 2.26 bits per heavy atom. The minimum atomic E-state index is -0.807. The lowest BCUT2D eigenvalue weighted by Gasteiger charge is -2.19. The fourth-order valence-electron chi connectivity index (χ4n) is 4.68. The largest absolute Gasteiger partial charge is 0.454 e. The molecule has 3 aliphatic rings. The molecule has 4 rings (SSSR count). The Kier molecular flexibility index (Phi) is 4.41. The molecule has 0 aromatic heterocycles. The normalized spacial score (nSPS) is 28.4. The van der Waals surface area contributed by atoms with Gasteiger partial charge in [-0.1, -0.05) is 0 Å². The maximum absolute atomic E-state index is 12.8. The molecule has 142 valence electrons. The van der Waals surface area contributed by atoms with Crippen LogP contribution in [0.25, 0.3) is 0 Å². The Balaban J connectivity index is 1.28. The van der Waals surface area contributed by atoms with Gasteiger partial charge >= 0.3 is 5.97 Å². The van der Waals surface area contributed by atoms with Crippen molar-refractivity contribution in [2.24, 2.45) is 23.7 Å². The summed E-state index contributed by atoms with van der Waals surface area (Å²) < 4.78 is 17.7. The van der Waals surface area contributed by atoms with Crippen molar-refractivity contribution in [3.63, 3.8) is 0 Å². The van der Waals surface area contributed by atoms with Crippen LogP contribution in [0, 0.1) is 29.5 Å². The van der Waals surface area contributed by atoms with E-state index in [-0.39, 0.29) is 35.5 Å². The summed E-state index contributed by atoms with van der Waals surface area (Å²) in [5.41, 5.74) is 0.366. The van der Waals surface area contributed by atoms with Gasteiger partial charge < -0.3 is 10.1 Å². The van der Waals surface area contributed by atoms with Gasteiger partial charge in [0, 0.05) is 5.69 Å². The Labute approximate surface area is 154 Å². The van der Waals surface area contributed by atoms with Crippen molar-refractivity contribution in [2.45, 2.75) is 19.3 Å². The van der Waals surface area contributed by atoms with Crippen LogP contribution in [-0.2, 0) is 23.9 Å². The van der Waals surface area contributed by atoms with Gasteiger partial charge in [-0.15, -0.1) is 0 Å². The second-order valence-corrected chi connectivity index (χ2v) is 7.36. The van der Waals surface area contributed by atoms with E-state index in [0.29, 0.717) is 5.69 Å². The fourth-order valence-corrected chi connectivity index (χ4v) is 4.68. The zero-order valence-corrected chi connectivity index (χ0v) is 14.5. The van der Waals surface area contributed by atoms with E-state index in [0.717, 1.165) is 24.2 Å². The van der Waals surface area contributed by atoms with Gasteiger partial charge in [-0.05, 0) is 55.4 Å². The predicted molar refractivity (Wildman–Crippen MR) is 90.5 cm³/mol. The number of hydrogen-bond donors (Lipinski definition) is 1. The Bertz CT molecular complexity index is 781. The average Bonchev–Trinajstić information content (AvgIpc) is 3.32. The van der Waals surface area contributed by atoms with E-state index in [9.17, 15) is 23.6 Å². The maximum Gasteiger partial charge on any atom is 0.326 e. The molecule has 1 aromatic carbocycles. The number of carbonyl (C=O) groups is 4. The molecule has 0 unspecified atom stereocenters. The molecule has 1 heterocycles. The minimum absolute atomic E-state index is 0.249. The Morgan fingerprint density at radius 1 is 1.07 bits per heavy atom. The van der Waals surface area contributed by atoms with Crippen molar-refractivity contribution in [1.29, 1.82) is 0 Å². The van der Waals surface area contributed by atoms with Crippen LogP contribution < -0.4 is 5.32 Å². The lowest BCUT2D eigenvalue weighted by molar-refractivity contribution is -0.154. The number of likely N-dealkylation sites (tertiary alicyclic amines) is 1. The molecule has 7 nitrogen and oxygen atoms in total. The zero-order valence-electron chi connectivity index (χ0n) is 14.5. The lowest BCUT2D eigenvalue weighted by atomic mass is 9.81. The summed E-state index contributed by atoms with van der Waals surface area (Å²) in [6.07, 6.45) is 2.86. The number of nitrogens with one attached hydrogen (secondary N) is 1. The smallest absolute Gasteiger partial charge is 0.326 e. The highest BCUT2D eigenvalue weighted by Gasteiger charge is 2.61. The third-order valence-electron chi connectivity index (χ3n) is 5.80. The molecule has 8 heteroatoms. The first-order chi connectivity index (χ1) is 12.9. The van der Waals surface area contributed by atoms with Gasteiger partial charge in [-0.2, -0.15) is 0 Å². The van der Waals surface area contributed by atoms with E-state index in [2.05, 4.69) is 5.32 Å². The number of imide groups is 1. The van der Waals surface area contributed by atoms with Gasteiger partial charge in [0.1, 0.15) is 12.4 Å². The summed E-state index contributed by atoms with van der Waals surface area (Å²) in [6.45, 7) is -1.02. The number of ether oxygens (including phenoxy) is 1. The lowest BCUT2D eigenvalue weighted by Crippen LogP contribution is -2.38. The molecule has 1 N–H and O–H groups in total. The molecular weight excluding hydrogens is 355 g/mol. The number of amides is 3. The fraction of sp³-hybridized carbons (Fsp3) is 0.474. The first-order valence-corrected chi connectivity index (χ1v) is 9.00. The Hall–Kier alpha value is -2.77. The second-order valence-electron chi connectivity index (χ2n) is 7.36. The number of anilines is 1. The van der Waals surface area contributed by atoms with Crippen LogP contribution in [-0.4, -0.2) is 41.7 Å². The molecule has 2 aliphatic carbocycles. The quantitative estimate of drug-likeness (QED) is 0.620. The number of benzene rings is 1. The summed E-state index contributed by atoms with van der Waals surface area (Å²) in [5, 5.41) is 2.46. The molecule has 1 aliphatic heterocycles. The SMILES string of the molecule is O=C(COC(=O)CN1C(=O)[C@@H]2[C@@H]3CC[C@H](C3)[C@@H]2C1=O)Nc1ccc(F)cc1. The van der Waals surface area contributed by atoms with Crippen molar-refractivity contribution >= 4 is 29.4 Å². The van der Waals surface area contributed by atoms with E-state index in [1.807, 2.05) is 0 Å². The van der Waals surface area contributed by atoms with E-state index in [1.54, 1.807) is 0 Å². The van der Waals surface area contributed by atoms with Crippen LogP contribution in [0.4, 0.5) is 10.1 Å². The van der Waals surface area contributed by atoms with Crippen molar-refractivity contribution < 1.29 is 28.3 Å². The summed E-state index contributed by atoms with van der Waals surface area (Å²) in [5.74, 6) is -2.48. The monoisotopic (exact) mass is 374 g/mol. The standard InChI is InChI=1S/C19H19FN2O5/c20-12-3-5-13(6-4-12)21-14(23)9-27-15(24)8-22-18(25)16-10-1-2-11(7-10)17(16)19(22)26/h3-6,10-11,16-17H,1-2,7-9H2,(H,21,23)/t10-,11-,16-,17+/m1/s1. The van der Waals surface area contributed by atoms with Gasteiger partial charge in [0.15, 0.2) is 6.61 Å². The molecule has 2 saturated carbocycles. The summed E-state index contributed by atoms with van der Waals surface area (Å²) in [7, 11) is 0. The Morgan fingerprint density at radius 2 is 1.67 bits per heavy atom. The van der Waals surface area contributed by atoms with E-state index in [1.165, 1.54) is 24.3 Å². The number of hydrogen-bond acceptors (Lipinski definition) is 5. The summed E-state index contributed by atoms with van der Waals surface area (Å²) in [4.78, 5) is 49.8. The average molecular weight is 374 g/mol. The number of esters is 1.